The van der Waals surface area contributed by atoms with Gasteiger partial charge in [0.15, 0.2) is 0 Å². The third kappa shape index (κ3) is 1.82. The van der Waals surface area contributed by atoms with Crippen molar-refractivity contribution in [3.8, 4) is 0 Å². The maximum absolute atomic E-state index is 9.78. The number of hydrogen-bond donors (Lipinski definition) is 2. The molecule has 2 nitrogen and oxygen atoms in total. The summed E-state index contributed by atoms with van der Waals surface area (Å²) in [4.78, 5) is 0. The van der Waals surface area contributed by atoms with Crippen LogP contribution in [0.5, 0.6) is 0 Å². The first-order valence-corrected chi connectivity index (χ1v) is 6.29. The molecule has 3 saturated carbocycles. The molecule has 80 valence electrons. The van der Waals surface area contributed by atoms with Gasteiger partial charge in [-0.3, -0.25) is 0 Å². The molecule has 0 aromatic heterocycles. The molecule has 0 aromatic carbocycles. The molecule has 0 heterocycles. The molecule has 2 unspecified atom stereocenters. The highest BCUT2D eigenvalue weighted by molar-refractivity contribution is 4.99. The van der Waals surface area contributed by atoms with Gasteiger partial charge in [0.05, 0.1) is 6.10 Å². The number of nitrogens with one attached hydrogen (secondary N) is 1. The van der Waals surface area contributed by atoms with Gasteiger partial charge >= 0.3 is 0 Å². The smallest absolute Gasteiger partial charge is 0.0693 e. The fraction of sp³-hybridized carbons (Fsp3) is 1.00. The van der Waals surface area contributed by atoms with Gasteiger partial charge in [-0.15, -0.1) is 0 Å². The minimum Gasteiger partial charge on any atom is -0.392 e. The molecule has 0 bridgehead atoms. The zero-order chi connectivity index (χ0) is 9.54. The van der Waals surface area contributed by atoms with Gasteiger partial charge in [-0.25, -0.2) is 0 Å². The molecule has 2 N–H and O–H groups in total. The van der Waals surface area contributed by atoms with Crippen LogP contribution in [0.25, 0.3) is 0 Å². The minimum atomic E-state index is -0.0602. The van der Waals surface area contributed by atoms with Crippen molar-refractivity contribution in [3.63, 3.8) is 0 Å². The predicted octanol–water partition coefficient (Wildman–Crippen LogP) is 1.68. The summed E-state index contributed by atoms with van der Waals surface area (Å²) in [6, 6.07) is 1.17. The van der Waals surface area contributed by atoms with E-state index >= 15 is 0 Å². The highest BCUT2D eigenvalue weighted by Gasteiger charge is 2.43. The van der Waals surface area contributed by atoms with Crippen LogP contribution in [-0.4, -0.2) is 23.3 Å². The van der Waals surface area contributed by atoms with Crippen molar-refractivity contribution in [1.82, 2.24) is 5.32 Å². The summed E-state index contributed by atoms with van der Waals surface area (Å²) in [6.07, 6.45) is 9.06. The maximum Gasteiger partial charge on any atom is 0.0693 e. The van der Waals surface area contributed by atoms with Gasteiger partial charge in [0, 0.05) is 12.1 Å². The second-order valence-electron chi connectivity index (χ2n) is 5.47. The van der Waals surface area contributed by atoms with Gasteiger partial charge in [-0.05, 0) is 56.8 Å². The monoisotopic (exact) mass is 195 g/mol. The summed E-state index contributed by atoms with van der Waals surface area (Å²) in [6.45, 7) is 0. The van der Waals surface area contributed by atoms with Crippen LogP contribution in [0.2, 0.25) is 0 Å². The Morgan fingerprint density at radius 2 is 1.57 bits per heavy atom. The molecule has 3 fully saturated rings. The van der Waals surface area contributed by atoms with E-state index in [0.29, 0.717) is 6.04 Å². The van der Waals surface area contributed by atoms with Crippen molar-refractivity contribution in [3.05, 3.63) is 0 Å². The standard InChI is InChI=1S/C12H21NO/c14-11-3-1-2-10(11)13-12(8-4-5-8)9-6-7-9/h8-14H,1-7H2. The number of hydrogen-bond acceptors (Lipinski definition) is 2. The Labute approximate surface area is 86.1 Å². The lowest BCUT2D eigenvalue weighted by molar-refractivity contribution is 0.138. The van der Waals surface area contributed by atoms with Gasteiger partial charge in [0.25, 0.3) is 0 Å². The van der Waals surface area contributed by atoms with Gasteiger partial charge < -0.3 is 10.4 Å². The molecule has 2 atom stereocenters. The van der Waals surface area contributed by atoms with Crippen LogP contribution in [-0.2, 0) is 0 Å². The minimum absolute atomic E-state index is 0.0602. The van der Waals surface area contributed by atoms with E-state index in [1.807, 2.05) is 0 Å². The van der Waals surface area contributed by atoms with Crippen molar-refractivity contribution < 1.29 is 5.11 Å². The lowest BCUT2D eigenvalue weighted by atomic mass is 10.0. The Morgan fingerprint density at radius 1 is 0.929 bits per heavy atom. The van der Waals surface area contributed by atoms with Crippen molar-refractivity contribution >= 4 is 0 Å². The van der Waals surface area contributed by atoms with E-state index in [0.717, 1.165) is 24.3 Å². The van der Waals surface area contributed by atoms with Crippen LogP contribution in [0.15, 0.2) is 0 Å². The second-order valence-corrected chi connectivity index (χ2v) is 5.47. The van der Waals surface area contributed by atoms with E-state index in [9.17, 15) is 5.11 Å². The molecular formula is C12H21NO. The van der Waals surface area contributed by atoms with Crippen LogP contribution in [0.3, 0.4) is 0 Å². The van der Waals surface area contributed by atoms with Crippen molar-refractivity contribution in [2.24, 2.45) is 11.8 Å². The summed E-state index contributed by atoms with van der Waals surface area (Å²) < 4.78 is 0. The fourth-order valence-corrected chi connectivity index (χ4v) is 2.95. The molecule has 0 radical (unpaired) electrons. The van der Waals surface area contributed by atoms with Gasteiger partial charge in [0.2, 0.25) is 0 Å². The summed E-state index contributed by atoms with van der Waals surface area (Å²) in [5.41, 5.74) is 0. The molecule has 3 rings (SSSR count). The fourth-order valence-electron chi connectivity index (χ4n) is 2.95. The number of rotatable bonds is 4. The Morgan fingerprint density at radius 3 is 2.00 bits per heavy atom. The molecular weight excluding hydrogens is 174 g/mol. The Bertz CT molecular complexity index is 198. The number of aliphatic hydroxyl groups is 1. The Balaban J connectivity index is 1.57. The van der Waals surface area contributed by atoms with Gasteiger partial charge in [0.1, 0.15) is 0 Å². The Kier molecular flexibility index (Phi) is 2.29. The van der Waals surface area contributed by atoms with Crippen LogP contribution in [0.4, 0.5) is 0 Å². The van der Waals surface area contributed by atoms with E-state index in [4.69, 9.17) is 0 Å². The largest absolute Gasteiger partial charge is 0.392 e. The zero-order valence-corrected chi connectivity index (χ0v) is 8.78. The SMILES string of the molecule is OC1CCCC1NC(C1CC1)C1CC1. The highest BCUT2D eigenvalue weighted by atomic mass is 16.3. The van der Waals surface area contributed by atoms with Crippen molar-refractivity contribution in [1.29, 1.82) is 0 Å². The Hall–Kier alpha value is -0.0800. The normalized spacial score (nSPS) is 38.1. The highest BCUT2D eigenvalue weighted by Crippen LogP contribution is 2.45. The van der Waals surface area contributed by atoms with Crippen LogP contribution < -0.4 is 5.32 Å². The van der Waals surface area contributed by atoms with Gasteiger partial charge in [-0.2, -0.15) is 0 Å². The summed E-state index contributed by atoms with van der Waals surface area (Å²) in [5, 5.41) is 13.5. The summed E-state index contributed by atoms with van der Waals surface area (Å²) in [7, 11) is 0. The average molecular weight is 195 g/mol. The summed E-state index contributed by atoms with van der Waals surface area (Å²) >= 11 is 0. The molecule has 3 aliphatic rings. The second kappa shape index (κ2) is 3.49. The van der Waals surface area contributed by atoms with E-state index in [2.05, 4.69) is 5.32 Å². The molecule has 14 heavy (non-hydrogen) atoms. The van der Waals surface area contributed by atoms with Gasteiger partial charge in [-0.1, -0.05) is 0 Å². The first kappa shape index (κ1) is 9.17. The first-order valence-electron chi connectivity index (χ1n) is 6.29. The van der Waals surface area contributed by atoms with Crippen LogP contribution in [0.1, 0.15) is 44.9 Å². The molecule has 0 amide bonds. The molecule has 0 spiro atoms. The molecule has 0 aromatic rings. The predicted molar refractivity (Wildman–Crippen MR) is 56.0 cm³/mol. The topological polar surface area (TPSA) is 32.3 Å². The van der Waals surface area contributed by atoms with E-state index in [1.165, 1.54) is 38.5 Å². The lowest BCUT2D eigenvalue weighted by Crippen LogP contribution is -2.44. The van der Waals surface area contributed by atoms with E-state index in [-0.39, 0.29) is 6.10 Å². The molecule has 0 saturated heterocycles. The third-order valence-electron chi connectivity index (χ3n) is 4.15. The average Bonchev–Trinajstić information content (AvgIpc) is 3.05. The molecule has 3 aliphatic carbocycles. The van der Waals surface area contributed by atoms with E-state index in [1.54, 1.807) is 0 Å². The van der Waals surface area contributed by atoms with Crippen LogP contribution >= 0.6 is 0 Å². The molecule has 0 aliphatic heterocycles. The van der Waals surface area contributed by atoms with Crippen LogP contribution in [0, 0.1) is 11.8 Å². The first-order chi connectivity index (χ1) is 6.84. The van der Waals surface area contributed by atoms with Crippen molar-refractivity contribution in [2.45, 2.75) is 63.1 Å². The zero-order valence-electron chi connectivity index (χ0n) is 8.78. The van der Waals surface area contributed by atoms with Crippen molar-refractivity contribution in [2.75, 3.05) is 0 Å². The third-order valence-corrected chi connectivity index (χ3v) is 4.15. The molecule has 2 heteroatoms. The maximum atomic E-state index is 9.78. The number of aliphatic hydroxyl groups excluding tert-OH is 1. The lowest BCUT2D eigenvalue weighted by Gasteiger charge is -2.24. The quantitative estimate of drug-likeness (QED) is 0.715. The summed E-state index contributed by atoms with van der Waals surface area (Å²) in [5.74, 6) is 1.91. The van der Waals surface area contributed by atoms with E-state index < -0.39 is 0 Å².